The predicted molar refractivity (Wildman–Crippen MR) is 113 cm³/mol. The number of benzene rings is 2. The summed E-state index contributed by atoms with van der Waals surface area (Å²) in [6, 6.07) is 16.7. The maximum atomic E-state index is 12.9. The van der Waals surface area contributed by atoms with Crippen molar-refractivity contribution in [3.05, 3.63) is 89.6 Å². The third kappa shape index (κ3) is 4.78. The van der Waals surface area contributed by atoms with E-state index in [4.69, 9.17) is 21.7 Å². The molecule has 2 aromatic carbocycles. The van der Waals surface area contributed by atoms with Gasteiger partial charge in [0.25, 0.3) is 0 Å². The smallest absolute Gasteiger partial charge is 0.338 e. The lowest BCUT2D eigenvalue weighted by Crippen LogP contribution is -2.45. The van der Waals surface area contributed by atoms with E-state index in [0.29, 0.717) is 28.7 Å². The van der Waals surface area contributed by atoms with Crippen LogP contribution in [0.5, 0.6) is 5.75 Å². The fraction of sp³-hybridized carbons (Fsp3) is 0.182. The zero-order chi connectivity index (χ0) is 19.9. The molecule has 0 saturated carbocycles. The van der Waals surface area contributed by atoms with E-state index in [-0.39, 0.29) is 6.61 Å². The maximum absolute atomic E-state index is 12.9. The van der Waals surface area contributed by atoms with E-state index in [1.165, 1.54) is 0 Å². The number of nitrogens with one attached hydrogen (secondary N) is 2. The van der Waals surface area contributed by atoms with Gasteiger partial charge in [0.2, 0.25) is 0 Å². The first kappa shape index (κ1) is 19.6. The molecule has 0 spiro atoms. The first-order valence-electron chi connectivity index (χ1n) is 8.91. The molecule has 5 nitrogen and oxygen atoms in total. The number of rotatable bonds is 7. The molecule has 0 aliphatic carbocycles. The van der Waals surface area contributed by atoms with Gasteiger partial charge in [-0.05, 0) is 42.4 Å². The Kier molecular flexibility index (Phi) is 6.45. The molecule has 1 aliphatic heterocycles. The van der Waals surface area contributed by atoms with Crippen molar-refractivity contribution in [2.45, 2.75) is 19.6 Å². The van der Waals surface area contributed by atoms with Gasteiger partial charge in [-0.2, -0.15) is 0 Å². The van der Waals surface area contributed by atoms with Gasteiger partial charge >= 0.3 is 5.97 Å². The van der Waals surface area contributed by atoms with Crippen molar-refractivity contribution in [3.8, 4) is 5.75 Å². The monoisotopic (exact) mass is 394 g/mol. The molecular weight excluding hydrogens is 372 g/mol. The van der Waals surface area contributed by atoms with Crippen molar-refractivity contribution in [2.75, 3.05) is 6.61 Å². The molecule has 3 rings (SSSR count). The number of ether oxygens (including phenoxy) is 2. The second-order valence-corrected chi connectivity index (χ2v) is 6.71. The van der Waals surface area contributed by atoms with Gasteiger partial charge in [-0.3, -0.25) is 0 Å². The summed E-state index contributed by atoms with van der Waals surface area (Å²) in [4.78, 5) is 12.9. The summed E-state index contributed by atoms with van der Waals surface area (Å²) >= 11 is 5.29. The van der Waals surface area contributed by atoms with E-state index in [9.17, 15) is 4.79 Å². The zero-order valence-electron chi connectivity index (χ0n) is 15.6. The first-order chi connectivity index (χ1) is 13.6. The highest BCUT2D eigenvalue weighted by molar-refractivity contribution is 7.80. The van der Waals surface area contributed by atoms with Crippen molar-refractivity contribution in [1.82, 2.24) is 10.6 Å². The zero-order valence-corrected chi connectivity index (χ0v) is 16.4. The molecule has 0 bridgehead atoms. The third-order valence-electron chi connectivity index (χ3n) is 4.26. The molecule has 28 heavy (non-hydrogen) atoms. The number of hydrogen-bond acceptors (Lipinski definition) is 4. The van der Waals surface area contributed by atoms with E-state index in [1.807, 2.05) is 61.5 Å². The van der Waals surface area contributed by atoms with E-state index < -0.39 is 12.0 Å². The topological polar surface area (TPSA) is 59.6 Å². The Morgan fingerprint density at radius 1 is 1.21 bits per heavy atom. The Labute approximate surface area is 170 Å². The molecule has 0 radical (unpaired) electrons. The van der Waals surface area contributed by atoms with Gasteiger partial charge in [-0.15, -0.1) is 0 Å². The number of esters is 1. The summed E-state index contributed by atoms with van der Waals surface area (Å²) in [7, 11) is 0. The summed E-state index contributed by atoms with van der Waals surface area (Å²) in [6.07, 6.45) is 1.68. The van der Waals surface area contributed by atoms with Gasteiger partial charge in [0.1, 0.15) is 19.0 Å². The number of thiocarbonyl (C=S) groups is 1. The average molecular weight is 394 g/mol. The molecule has 0 saturated heterocycles. The van der Waals surface area contributed by atoms with Crippen LogP contribution in [-0.4, -0.2) is 17.7 Å². The standard InChI is InChI=1S/C22H22N2O3S/c1-3-12-26-18-11-7-10-17(13-18)20-19(15(2)23-22(28)24-20)21(25)27-14-16-8-5-4-6-9-16/h3-11,13,20H,1,12,14H2,2H3,(H2,23,24,28)/t20-/m1/s1. The van der Waals surface area contributed by atoms with Gasteiger partial charge in [0, 0.05) is 5.70 Å². The van der Waals surface area contributed by atoms with Crippen molar-refractivity contribution < 1.29 is 14.3 Å². The van der Waals surface area contributed by atoms with Crippen LogP contribution in [0.15, 0.2) is 78.5 Å². The summed E-state index contributed by atoms with van der Waals surface area (Å²) in [5.41, 5.74) is 2.95. The van der Waals surface area contributed by atoms with E-state index in [1.54, 1.807) is 6.08 Å². The summed E-state index contributed by atoms with van der Waals surface area (Å²) < 4.78 is 11.2. The summed E-state index contributed by atoms with van der Waals surface area (Å²) in [6.45, 7) is 6.08. The van der Waals surface area contributed by atoms with Gasteiger partial charge in [-0.25, -0.2) is 4.79 Å². The fourth-order valence-electron chi connectivity index (χ4n) is 2.95. The van der Waals surface area contributed by atoms with Crippen molar-refractivity contribution >= 4 is 23.3 Å². The molecule has 1 aliphatic rings. The lowest BCUT2D eigenvalue weighted by Gasteiger charge is -2.30. The molecule has 1 heterocycles. The molecule has 1 atom stereocenters. The van der Waals surface area contributed by atoms with Gasteiger partial charge in [-0.1, -0.05) is 55.1 Å². The van der Waals surface area contributed by atoms with Crippen LogP contribution in [-0.2, 0) is 16.1 Å². The highest BCUT2D eigenvalue weighted by Gasteiger charge is 2.31. The molecule has 2 N–H and O–H groups in total. The largest absolute Gasteiger partial charge is 0.490 e. The minimum Gasteiger partial charge on any atom is -0.490 e. The summed E-state index contributed by atoms with van der Waals surface area (Å²) in [5.74, 6) is 0.296. The molecule has 6 heteroatoms. The van der Waals surface area contributed by atoms with Gasteiger partial charge < -0.3 is 20.1 Å². The average Bonchev–Trinajstić information content (AvgIpc) is 2.71. The van der Waals surface area contributed by atoms with Crippen LogP contribution >= 0.6 is 12.2 Å². The number of carbonyl (C=O) groups excluding carboxylic acids is 1. The van der Waals surface area contributed by atoms with Crippen LogP contribution in [0, 0.1) is 0 Å². The SMILES string of the molecule is C=CCOc1cccc([C@H]2NC(=S)NC(C)=C2C(=O)OCc2ccccc2)c1. The second-order valence-electron chi connectivity index (χ2n) is 6.30. The highest BCUT2D eigenvalue weighted by Crippen LogP contribution is 2.30. The molecule has 144 valence electrons. The Balaban J connectivity index is 1.84. The number of carbonyl (C=O) groups is 1. The molecule has 0 unspecified atom stereocenters. The maximum Gasteiger partial charge on any atom is 0.338 e. The number of allylic oxidation sites excluding steroid dienone is 1. The van der Waals surface area contributed by atoms with Crippen molar-refractivity contribution in [3.63, 3.8) is 0 Å². The Hall–Kier alpha value is -3.12. The third-order valence-corrected chi connectivity index (χ3v) is 4.48. The van der Waals surface area contributed by atoms with Crippen LogP contribution in [0.1, 0.15) is 24.1 Å². The highest BCUT2D eigenvalue weighted by atomic mass is 32.1. The fourth-order valence-corrected chi connectivity index (χ4v) is 3.23. The Morgan fingerprint density at radius 2 is 2.00 bits per heavy atom. The lowest BCUT2D eigenvalue weighted by atomic mass is 9.95. The molecular formula is C22H22N2O3S. The van der Waals surface area contributed by atoms with Gasteiger partial charge in [0.15, 0.2) is 5.11 Å². The predicted octanol–water partition coefficient (Wildman–Crippen LogP) is 3.79. The Morgan fingerprint density at radius 3 is 2.75 bits per heavy atom. The lowest BCUT2D eigenvalue weighted by molar-refractivity contribution is -0.140. The van der Waals surface area contributed by atoms with Crippen LogP contribution in [0.4, 0.5) is 0 Å². The van der Waals surface area contributed by atoms with Crippen LogP contribution < -0.4 is 15.4 Å². The summed E-state index contributed by atoms with van der Waals surface area (Å²) in [5, 5.41) is 6.63. The van der Waals surface area contributed by atoms with Crippen molar-refractivity contribution in [2.24, 2.45) is 0 Å². The first-order valence-corrected chi connectivity index (χ1v) is 9.32. The Bertz CT molecular complexity index is 909. The molecule has 0 aromatic heterocycles. The minimum absolute atomic E-state index is 0.204. The van der Waals surface area contributed by atoms with Crippen LogP contribution in [0.3, 0.4) is 0 Å². The van der Waals surface area contributed by atoms with Crippen LogP contribution in [0.2, 0.25) is 0 Å². The minimum atomic E-state index is -0.427. The number of hydrogen-bond donors (Lipinski definition) is 2. The van der Waals surface area contributed by atoms with Crippen LogP contribution in [0.25, 0.3) is 0 Å². The van der Waals surface area contributed by atoms with Gasteiger partial charge in [0.05, 0.1) is 11.6 Å². The van der Waals surface area contributed by atoms with E-state index in [2.05, 4.69) is 17.2 Å². The molecule has 2 aromatic rings. The van der Waals surface area contributed by atoms with E-state index in [0.717, 1.165) is 11.1 Å². The van der Waals surface area contributed by atoms with E-state index >= 15 is 0 Å². The molecule has 0 amide bonds. The molecule has 0 fully saturated rings. The quantitative estimate of drug-likeness (QED) is 0.423. The second kappa shape index (κ2) is 9.19. The van der Waals surface area contributed by atoms with Crippen molar-refractivity contribution in [1.29, 1.82) is 0 Å². The normalized spacial score (nSPS) is 16.0.